The summed E-state index contributed by atoms with van der Waals surface area (Å²) in [4.78, 5) is 27.2. The number of aryl methyl sites for hydroxylation is 2. The van der Waals surface area contributed by atoms with Gasteiger partial charge in [-0.05, 0) is 68.9 Å². The Morgan fingerprint density at radius 1 is 1.11 bits per heavy atom. The molecule has 4 heterocycles. The van der Waals surface area contributed by atoms with E-state index < -0.39 is 11.6 Å². The number of hydrogen-bond donors (Lipinski definition) is 0. The Kier molecular flexibility index (Phi) is 5.40. The zero-order valence-corrected chi connectivity index (χ0v) is 19.3. The summed E-state index contributed by atoms with van der Waals surface area (Å²) < 4.78 is 36.1. The lowest BCUT2D eigenvalue weighted by Gasteiger charge is -2.30. The van der Waals surface area contributed by atoms with Gasteiger partial charge in [-0.1, -0.05) is 0 Å². The molecule has 178 valence electrons. The van der Waals surface area contributed by atoms with Crippen molar-refractivity contribution >= 4 is 5.65 Å². The summed E-state index contributed by atoms with van der Waals surface area (Å²) in [6, 6.07) is 7.36. The van der Waals surface area contributed by atoms with Gasteiger partial charge in [-0.3, -0.25) is 14.2 Å². The predicted octanol–water partition coefficient (Wildman–Crippen LogP) is 4.86. The van der Waals surface area contributed by atoms with Gasteiger partial charge in [-0.15, -0.1) is 0 Å². The molecule has 35 heavy (non-hydrogen) atoms. The fourth-order valence-corrected chi connectivity index (χ4v) is 5.26. The number of nitrogens with zero attached hydrogens (tertiary/aromatic N) is 4. The van der Waals surface area contributed by atoms with Gasteiger partial charge >= 0.3 is 0 Å². The van der Waals surface area contributed by atoms with Crippen molar-refractivity contribution in [3.63, 3.8) is 0 Å². The highest BCUT2D eigenvalue weighted by atomic mass is 19.1. The van der Waals surface area contributed by atoms with Crippen LogP contribution < -0.4 is 5.56 Å². The number of pyridine rings is 1. The van der Waals surface area contributed by atoms with Crippen molar-refractivity contribution in [3.8, 4) is 11.3 Å². The molecule has 3 aromatic heterocycles. The molecule has 0 bridgehead atoms. The molecule has 1 saturated heterocycles. The third kappa shape index (κ3) is 3.91. The number of ether oxygens (including phenoxy) is 1. The standard InChI is InChI=1S/C27H24F2N4O2/c1-15-11-17(7-9-30-15)24-12-16(8-10-35-24)23-14-33-26(32-22-4-2-3-20(22)27(33)34)25(31-23)19-6-5-18(28)13-21(19)29/h5-7,9,11,13-14,16,24H,2-4,8,10,12H2,1H3/t16-,24+/m1/s1. The average molecular weight is 475 g/mol. The van der Waals surface area contributed by atoms with Gasteiger partial charge in [-0.25, -0.2) is 18.7 Å². The topological polar surface area (TPSA) is 69.4 Å². The average Bonchev–Trinajstić information content (AvgIpc) is 3.33. The minimum atomic E-state index is -0.733. The Morgan fingerprint density at radius 3 is 2.83 bits per heavy atom. The van der Waals surface area contributed by atoms with Crippen LogP contribution in [0.2, 0.25) is 0 Å². The van der Waals surface area contributed by atoms with E-state index in [4.69, 9.17) is 14.7 Å². The third-order valence-electron chi connectivity index (χ3n) is 7.03. The van der Waals surface area contributed by atoms with Crippen LogP contribution in [0.5, 0.6) is 0 Å². The summed E-state index contributed by atoms with van der Waals surface area (Å²) in [5.74, 6) is -1.41. The normalized spacial score (nSPS) is 19.7. The Labute approximate surface area is 200 Å². The molecule has 6 nitrogen and oxygen atoms in total. The van der Waals surface area contributed by atoms with Gasteiger partial charge in [0.05, 0.1) is 17.5 Å². The van der Waals surface area contributed by atoms with Gasteiger partial charge in [-0.2, -0.15) is 0 Å². The van der Waals surface area contributed by atoms with Crippen molar-refractivity contribution in [2.75, 3.05) is 6.61 Å². The first kappa shape index (κ1) is 22.0. The quantitative estimate of drug-likeness (QED) is 0.424. The molecule has 0 spiro atoms. The monoisotopic (exact) mass is 474 g/mol. The Balaban J connectivity index is 1.51. The minimum absolute atomic E-state index is 0.00552. The van der Waals surface area contributed by atoms with Gasteiger partial charge < -0.3 is 4.74 Å². The Morgan fingerprint density at radius 2 is 2.00 bits per heavy atom. The lowest BCUT2D eigenvalue weighted by molar-refractivity contribution is 0.00451. The number of rotatable bonds is 3. The molecule has 1 aromatic carbocycles. The maximum absolute atomic E-state index is 14.9. The molecule has 6 rings (SSSR count). The highest BCUT2D eigenvalue weighted by molar-refractivity contribution is 5.74. The van der Waals surface area contributed by atoms with Crippen molar-refractivity contribution in [1.29, 1.82) is 0 Å². The van der Waals surface area contributed by atoms with Crippen LogP contribution in [-0.2, 0) is 17.6 Å². The molecular weight excluding hydrogens is 450 g/mol. The van der Waals surface area contributed by atoms with Crippen LogP contribution in [0.15, 0.2) is 47.5 Å². The second-order valence-electron chi connectivity index (χ2n) is 9.34. The predicted molar refractivity (Wildman–Crippen MR) is 126 cm³/mol. The fraction of sp³-hybridized carbons (Fsp3) is 0.333. The molecule has 1 aliphatic heterocycles. The number of fused-ring (bicyclic) bond motifs is 2. The smallest absolute Gasteiger partial charge is 0.261 e. The van der Waals surface area contributed by atoms with E-state index in [1.807, 2.05) is 19.1 Å². The number of aromatic nitrogens is 4. The summed E-state index contributed by atoms with van der Waals surface area (Å²) in [7, 11) is 0. The molecule has 8 heteroatoms. The fourth-order valence-electron chi connectivity index (χ4n) is 5.26. The molecule has 0 radical (unpaired) electrons. The summed E-state index contributed by atoms with van der Waals surface area (Å²) in [5, 5.41) is 0. The van der Waals surface area contributed by atoms with E-state index in [-0.39, 0.29) is 28.8 Å². The first-order valence-corrected chi connectivity index (χ1v) is 11.9. The van der Waals surface area contributed by atoms with Crippen molar-refractivity contribution in [3.05, 3.63) is 92.9 Å². The molecule has 4 aromatic rings. The van der Waals surface area contributed by atoms with Gasteiger partial charge in [0.25, 0.3) is 5.56 Å². The number of benzene rings is 1. The van der Waals surface area contributed by atoms with E-state index >= 15 is 0 Å². The zero-order chi connectivity index (χ0) is 24.1. The SMILES string of the molecule is Cc1cc([C@@H]2C[C@H](c3cn4c(=O)c5c(nc4c(-c4ccc(F)cc4F)n3)CCC5)CCO2)ccn1. The summed E-state index contributed by atoms with van der Waals surface area (Å²) in [6.45, 7) is 2.48. The highest BCUT2D eigenvalue weighted by Gasteiger charge is 2.29. The van der Waals surface area contributed by atoms with Crippen molar-refractivity contribution in [1.82, 2.24) is 19.4 Å². The van der Waals surface area contributed by atoms with Crippen LogP contribution in [0.1, 0.15) is 59.5 Å². The lowest BCUT2D eigenvalue weighted by atomic mass is 9.89. The molecule has 0 N–H and O–H groups in total. The van der Waals surface area contributed by atoms with Crippen LogP contribution in [0.3, 0.4) is 0 Å². The van der Waals surface area contributed by atoms with Crippen LogP contribution in [0.4, 0.5) is 8.78 Å². The Hall–Kier alpha value is -3.52. The van der Waals surface area contributed by atoms with Gasteiger partial charge in [0, 0.05) is 47.8 Å². The van der Waals surface area contributed by atoms with Crippen LogP contribution in [0, 0.1) is 18.6 Å². The van der Waals surface area contributed by atoms with E-state index in [2.05, 4.69) is 4.98 Å². The largest absolute Gasteiger partial charge is 0.373 e. The lowest BCUT2D eigenvalue weighted by Crippen LogP contribution is -2.24. The van der Waals surface area contributed by atoms with Crippen molar-refractivity contribution in [2.45, 2.75) is 51.0 Å². The zero-order valence-electron chi connectivity index (χ0n) is 19.3. The summed E-state index contributed by atoms with van der Waals surface area (Å²) in [6.07, 6.45) is 7.03. The van der Waals surface area contributed by atoms with E-state index in [1.54, 1.807) is 12.4 Å². The summed E-state index contributed by atoms with van der Waals surface area (Å²) >= 11 is 0. The van der Waals surface area contributed by atoms with E-state index in [0.29, 0.717) is 42.8 Å². The van der Waals surface area contributed by atoms with E-state index in [1.165, 1.54) is 16.5 Å². The van der Waals surface area contributed by atoms with Crippen LogP contribution in [-0.4, -0.2) is 26.0 Å². The van der Waals surface area contributed by atoms with Gasteiger partial charge in [0.1, 0.15) is 17.3 Å². The van der Waals surface area contributed by atoms with Gasteiger partial charge in [0.15, 0.2) is 5.65 Å². The second kappa shape index (κ2) is 8.61. The Bertz CT molecular complexity index is 1520. The maximum Gasteiger partial charge on any atom is 0.261 e. The molecule has 2 atom stereocenters. The van der Waals surface area contributed by atoms with Crippen molar-refractivity contribution in [2.24, 2.45) is 0 Å². The van der Waals surface area contributed by atoms with Crippen LogP contribution >= 0.6 is 0 Å². The van der Waals surface area contributed by atoms with Crippen molar-refractivity contribution < 1.29 is 13.5 Å². The number of halogens is 2. The third-order valence-corrected chi connectivity index (χ3v) is 7.03. The molecular formula is C27H24F2N4O2. The molecule has 1 aliphatic carbocycles. The van der Waals surface area contributed by atoms with Crippen LogP contribution in [0.25, 0.3) is 16.9 Å². The first-order chi connectivity index (χ1) is 17.0. The highest BCUT2D eigenvalue weighted by Crippen LogP contribution is 2.38. The minimum Gasteiger partial charge on any atom is -0.373 e. The second-order valence-corrected chi connectivity index (χ2v) is 9.34. The van der Waals surface area contributed by atoms with E-state index in [0.717, 1.165) is 35.9 Å². The van der Waals surface area contributed by atoms with E-state index in [9.17, 15) is 13.6 Å². The summed E-state index contributed by atoms with van der Waals surface area (Å²) in [5.41, 5.74) is 4.65. The molecule has 0 saturated carbocycles. The number of hydrogen-bond acceptors (Lipinski definition) is 5. The first-order valence-electron chi connectivity index (χ1n) is 11.9. The molecule has 1 fully saturated rings. The molecule has 0 unspecified atom stereocenters. The molecule has 0 amide bonds. The van der Waals surface area contributed by atoms with Gasteiger partial charge in [0.2, 0.25) is 0 Å². The molecule has 2 aliphatic rings. The maximum atomic E-state index is 14.9.